The molecule has 0 radical (unpaired) electrons. The molecule has 33 heavy (non-hydrogen) atoms. The number of carbonyl (C=O) groups is 2. The van der Waals surface area contributed by atoms with Crippen LogP contribution in [0.15, 0.2) is 78.4 Å². The van der Waals surface area contributed by atoms with Crippen molar-refractivity contribution in [3.63, 3.8) is 0 Å². The molecular weight excluding hydrogens is 425 g/mol. The quantitative estimate of drug-likeness (QED) is 0.370. The maximum atomic E-state index is 13.4. The molecule has 5 rings (SSSR count). The van der Waals surface area contributed by atoms with E-state index in [2.05, 4.69) is 0 Å². The number of hydrogen-bond acceptors (Lipinski definition) is 5. The zero-order valence-corrected chi connectivity index (χ0v) is 17.5. The van der Waals surface area contributed by atoms with Crippen molar-refractivity contribution in [2.45, 2.75) is 12.6 Å². The molecule has 0 saturated carbocycles. The first kappa shape index (κ1) is 20.8. The lowest BCUT2D eigenvalue weighted by atomic mass is 9.95. The Morgan fingerprint density at radius 2 is 1.64 bits per heavy atom. The Morgan fingerprint density at radius 3 is 2.36 bits per heavy atom. The van der Waals surface area contributed by atoms with E-state index in [4.69, 9.17) is 9.47 Å². The van der Waals surface area contributed by atoms with Gasteiger partial charge in [-0.1, -0.05) is 42.5 Å². The van der Waals surface area contributed by atoms with Crippen molar-refractivity contribution in [3.05, 3.63) is 101 Å². The molecule has 3 aromatic rings. The average molecular weight is 445 g/mol. The van der Waals surface area contributed by atoms with E-state index in [1.54, 1.807) is 54.6 Å². The summed E-state index contributed by atoms with van der Waals surface area (Å²) in [5.41, 5.74) is 1.68. The molecule has 1 amide bonds. The van der Waals surface area contributed by atoms with Crippen molar-refractivity contribution in [3.8, 4) is 11.5 Å². The van der Waals surface area contributed by atoms with E-state index in [-0.39, 0.29) is 23.7 Å². The van der Waals surface area contributed by atoms with Crippen molar-refractivity contribution in [1.82, 2.24) is 4.90 Å². The third-order valence-corrected chi connectivity index (χ3v) is 5.74. The number of ketones is 1. The fraction of sp³-hybridized carbons (Fsp3) is 0.154. The number of carbonyl (C=O) groups excluding carboxylic acids is 2. The fourth-order valence-corrected chi connectivity index (χ4v) is 4.16. The van der Waals surface area contributed by atoms with Crippen molar-refractivity contribution < 1.29 is 28.6 Å². The predicted octanol–water partition coefficient (Wildman–Crippen LogP) is 4.22. The molecule has 2 heterocycles. The number of aliphatic hydroxyl groups is 1. The molecule has 1 unspecified atom stereocenters. The maximum absolute atomic E-state index is 13.4. The van der Waals surface area contributed by atoms with E-state index in [0.29, 0.717) is 41.4 Å². The van der Waals surface area contributed by atoms with Crippen LogP contribution in [0.2, 0.25) is 0 Å². The van der Waals surface area contributed by atoms with Crippen LogP contribution in [0.3, 0.4) is 0 Å². The third-order valence-electron chi connectivity index (χ3n) is 5.74. The van der Waals surface area contributed by atoms with Crippen molar-refractivity contribution in [1.29, 1.82) is 0 Å². The second kappa shape index (κ2) is 8.43. The first-order chi connectivity index (χ1) is 16.0. The molecule has 6 nitrogen and oxygen atoms in total. The minimum Gasteiger partial charge on any atom is -0.507 e. The summed E-state index contributed by atoms with van der Waals surface area (Å²) in [6.07, 6.45) is 0. The van der Waals surface area contributed by atoms with Crippen LogP contribution < -0.4 is 9.47 Å². The number of benzene rings is 3. The highest BCUT2D eigenvalue weighted by Gasteiger charge is 2.46. The summed E-state index contributed by atoms with van der Waals surface area (Å²) in [7, 11) is 0. The molecular formula is C26H20FNO5. The van der Waals surface area contributed by atoms with Crippen LogP contribution in [-0.4, -0.2) is 34.9 Å². The normalized spacial score (nSPS) is 19.1. The molecule has 0 bridgehead atoms. The van der Waals surface area contributed by atoms with Gasteiger partial charge in [0.15, 0.2) is 11.5 Å². The van der Waals surface area contributed by atoms with Crippen molar-refractivity contribution >= 4 is 17.4 Å². The zero-order chi connectivity index (χ0) is 22.9. The number of likely N-dealkylation sites (tertiary alicyclic amines) is 1. The van der Waals surface area contributed by atoms with Crippen LogP contribution >= 0.6 is 0 Å². The molecule has 7 heteroatoms. The minimum absolute atomic E-state index is 0.00927. The molecule has 2 aliphatic rings. The number of ether oxygens (including phenoxy) is 2. The monoisotopic (exact) mass is 445 g/mol. The Hall–Kier alpha value is -4.13. The van der Waals surface area contributed by atoms with E-state index in [1.807, 2.05) is 6.07 Å². The standard InChI is InChI=1S/C26H20FNO5/c27-19-9-6-16(7-10-19)15-28-23(17-4-2-1-3-5-17)22(25(30)26(28)31)24(29)18-8-11-20-21(14-18)33-13-12-32-20/h1-11,14,23,29H,12-13,15H2/b24-22-. The van der Waals surface area contributed by atoms with E-state index < -0.39 is 17.7 Å². The lowest BCUT2D eigenvalue weighted by molar-refractivity contribution is -0.140. The lowest BCUT2D eigenvalue weighted by Gasteiger charge is -2.25. The smallest absolute Gasteiger partial charge is 0.295 e. The van der Waals surface area contributed by atoms with Gasteiger partial charge in [0, 0.05) is 12.1 Å². The SMILES string of the molecule is O=C1C(=O)N(Cc2ccc(F)cc2)C(c2ccccc2)/C1=C(/O)c1ccc2c(c1)OCCO2. The van der Waals surface area contributed by atoms with Crippen LogP contribution in [0.1, 0.15) is 22.7 Å². The van der Waals surface area contributed by atoms with Crippen LogP contribution in [-0.2, 0) is 16.1 Å². The number of hydrogen-bond donors (Lipinski definition) is 1. The van der Waals surface area contributed by atoms with Gasteiger partial charge in [0.05, 0.1) is 11.6 Å². The van der Waals surface area contributed by atoms with Crippen LogP contribution in [0.25, 0.3) is 5.76 Å². The molecule has 0 spiro atoms. The number of rotatable bonds is 4. The van der Waals surface area contributed by atoms with Gasteiger partial charge in [0.1, 0.15) is 24.8 Å². The van der Waals surface area contributed by atoms with Gasteiger partial charge >= 0.3 is 0 Å². The first-order valence-corrected chi connectivity index (χ1v) is 10.5. The molecule has 1 atom stereocenters. The van der Waals surface area contributed by atoms with Gasteiger partial charge in [-0.15, -0.1) is 0 Å². The first-order valence-electron chi connectivity index (χ1n) is 10.5. The lowest BCUT2D eigenvalue weighted by Crippen LogP contribution is -2.29. The number of aliphatic hydroxyl groups excluding tert-OH is 1. The number of nitrogens with zero attached hydrogens (tertiary/aromatic N) is 1. The van der Waals surface area contributed by atoms with Gasteiger partial charge < -0.3 is 19.5 Å². The number of amides is 1. The zero-order valence-electron chi connectivity index (χ0n) is 17.5. The van der Waals surface area contributed by atoms with E-state index in [9.17, 15) is 19.1 Å². The Balaban J connectivity index is 1.61. The van der Waals surface area contributed by atoms with Crippen LogP contribution in [0, 0.1) is 5.82 Å². The summed E-state index contributed by atoms with van der Waals surface area (Å²) >= 11 is 0. The number of Topliss-reactive ketones (excluding diaryl/α,β-unsaturated/α-hetero) is 1. The van der Waals surface area contributed by atoms with Gasteiger partial charge in [-0.3, -0.25) is 9.59 Å². The average Bonchev–Trinajstić information content (AvgIpc) is 3.10. The summed E-state index contributed by atoms with van der Waals surface area (Å²) in [5, 5.41) is 11.2. The third kappa shape index (κ3) is 3.82. The summed E-state index contributed by atoms with van der Waals surface area (Å²) in [6, 6.07) is 18.9. The van der Waals surface area contributed by atoms with Crippen molar-refractivity contribution in [2.75, 3.05) is 13.2 Å². The summed E-state index contributed by atoms with van der Waals surface area (Å²) in [4.78, 5) is 27.6. The highest BCUT2D eigenvalue weighted by atomic mass is 19.1. The highest BCUT2D eigenvalue weighted by molar-refractivity contribution is 6.46. The van der Waals surface area contributed by atoms with E-state index in [1.165, 1.54) is 17.0 Å². The summed E-state index contributed by atoms with van der Waals surface area (Å²) < 4.78 is 24.5. The molecule has 1 fully saturated rings. The largest absolute Gasteiger partial charge is 0.507 e. The number of halogens is 1. The molecule has 2 aliphatic heterocycles. The summed E-state index contributed by atoms with van der Waals surface area (Å²) in [6.45, 7) is 0.895. The van der Waals surface area contributed by atoms with Gasteiger partial charge in [0.2, 0.25) is 0 Å². The second-order valence-corrected chi connectivity index (χ2v) is 7.82. The highest BCUT2D eigenvalue weighted by Crippen LogP contribution is 2.41. The molecule has 0 aliphatic carbocycles. The molecule has 0 aromatic heterocycles. The minimum atomic E-state index is -0.801. The maximum Gasteiger partial charge on any atom is 0.295 e. The van der Waals surface area contributed by atoms with E-state index in [0.717, 1.165) is 0 Å². The predicted molar refractivity (Wildman–Crippen MR) is 118 cm³/mol. The Morgan fingerprint density at radius 1 is 0.939 bits per heavy atom. The van der Waals surface area contributed by atoms with Gasteiger partial charge in [-0.2, -0.15) is 0 Å². The Kier molecular flexibility index (Phi) is 5.30. The van der Waals surface area contributed by atoms with Crippen molar-refractivity contribution in [2.24, 2.45) is 0 Å². The van der Waals surface area contributed by atoms with Gasteiger partial charge in [-0.25, -0.2) is 4.39 Å². The van der Waals surface area contributed by atoms with E-state index >= 15 is 0 Å². The van der Waals surface area contributed by atoms with Crippen LogP contribution in [0.5, 0.6) is 11.5 Å². The Labute approximate surface area is 189 Å². The Bertz CT molecular complexity index is 1250. The molecule has 3 aromatic carbocycles. The number of fused-ring (bicyclic) bond motifs is 1. The van der Waals surface area contributed by atoms with Gasteiger partial charge in [0.25, 0.3) is 11.7 Å². The summed E-state index contributed by atoms with van der Waals surface area (Å²) in [5.74, 6) is -1.18. The van der Waals surface area contributed by atoms with Crippen LogP contribution in [0.4, 0.5) is 4.39 Å². The second-order valence-electron chi connectivity index (χ2n) is 7.82. The molecule has 1 saturated heterocycles. The fourth-order valence-electron chi connectivity index (χ4n) is 4.16. The molecule has 166 valence electrons. The topological polar surface area (TPSA) is 76.1 Å². The van der Waals surface area contributed by atoms with Gasteiger partial charge in [-0.05, 0) is 41.5 Å². The molecule has 1 N–H and O–H groups in total.